The summed E-state index contributed by atoms with van der Waals surface area (Å²) in [7, 11) is -1.39. The molecule has 0 aliphatic rings. The lowest BCUT2D eigenvalue weighted by atomic mass is 10.1. The number of nitrogens with one attached hydrogen (secondary N) is 3. The number of hydrogen-bond acceptors (Lipinski definition) is 3. The van der Waals surface area contributed by atoms with E-state index in [0.717, 1.165) is 30.9 Å². The van der Waals surface area contributed by atoms with Crippen molar-refractivity contribution in [2.24, 2.45) is 4.99 Å². The van der Waals surface area contributed by atoms with E-state index in [9.17, 15) is 8.42 Å². The molecule has 0 fully saturated rings. The number of rotatable bonds is 7. The van der Waals surface area contributed by atoms with Crippen molar-refractivity contribution in [1.82, 2.24) is 15.6 Å². The summed E-state index contributed by atoms with van der Waals surface area (Å²) in [5.41, 5.74) is 4.78. The Bertz CT molecular complexity index is 1110. The van der Waals surface area contributed by atoms with E-state index in [1.54, 1.807) is 19.2 Å². The largest absolute Gasteiger partial charge is 0.361 e. The molecule has 2 aromatic carbocycles. The van der Waals surface area contributed by atoms with E-state index >= 15 is 0 Å². The number of guanidine groups is 1. The molecular weight excluding hydrogens is 511 g/mol. The fourth-order valence-electron chi connectivity index (χ4n) is 3.27. The van der Waals surface area contributed by atoms with Crippen LogP contribution in [0.1, 0.15) is 16.7 Å². The van der Waals surface area contributed by atoms with Crippen molar-refractivity contribution in [3.63, 3.8) is 0 Å². The van der Waals surface area contributed by atoms with Crippen LogP contribution in [0.2, 0.25) is 0 Å². The first-order valence-corrected chi connectivity index (χ1v) is 11.6. The molecule has 162 valence electrons. The van der Waals surface area contributed by atoms with Crippen LogP contribution in [-0.2, 0) is 22.7 Å². The molecule has 6 nitrogen and oxygen atoms in total. The number of sulfone groups is 1. The Morgan fingerprint density at radius 1 is 1.03 bits per heavy atom. The number of fused-ring (bicyclic) bond motifs is 1. The molecule has 0 unspecified atom stereocenters. The predicted octanol–water partition coefficient (Wildman–Crippen LogP) is 3.45. The van der Waals surface area contributed by atoms with Crippen molar-refractivity contribution >= 4 is 50.7 Å². The number of aliphatic imine (C=N–C) groups is 1. The summed E-state index contributed by atoms with van der Waals surface area (Å²) in [6, 6.07) is 13.5. The Balaban J connectivity index is 0.00000320. The van der Waals surface area contributed by atoms with E-state index < -0.39 is 9.84 Å². The molecule has 0 bridgehead atoms. The number of halogens is 1. The van der Waals surface area contributed by atoms with Crippen LogP contribution in [0.25, 0.3) is 10.9 Å². The lowest BCUT2D eigenvalue weighted by Crippen LogP contribution is -2.39. The minimum Gasteiger partial charge on any atom is -0.361 e. The summed E-state index contributed by atoms with van der Waals surface area (Å²) in [5, 5.41) is 7.91. The summed E-state index contributed by atoms with van der Waals surface area (Å²) in [6.45, 7) is 3.59. The van der Waals surface area contributed by atoms with E-state index in [4.69, 9.17) is 0 Å². The Labute approximate surface area is 195 Å². The van der Waals surface area contributed by atoms with Gasteiger partial charge in [-0.3, -0.25) is 4.99 Å². The van der Waals surface area contributed by atoms with Crippen molar-refractivity contribution in [1.29, 1.82) is 0 Å². The van der Waals surface area contributed by atoms with Gasteiger partial charge in [-0.25, -0.2) is 8.42 Å². The fraction of sp³-hybridized carbons (Fsp3) is 0.318. The first-order chi connectivity index (χ1) is 13.9. The SMILES string of the molecule is CN=C(NCCc1ccc(S(C)(=O)=O)cc1)NCCc1c[nH]c2cc(C)ccc12.I. The normalized spacial score (nSPS) is 11.9. The molecule has 0 saturated carbocycles. The molecule has 0 spiro atoms. The average Bonchev–Trinajstić information content (AvgIpc) is 3.08. The molecule has 3 aromatic rings. The number of aromatic nitrogens is 1. The number of hydrogen-bond donors (Lipinski definition) is 3. The molecule has 0 aliphatic carbocycles. The van der Waals surface area contributed by atoms with Gasteiger partial charge in [0.1, 0.15) is 0 Å². The zero-order chi connectivity index (χ0) is 20.9. The van der Waals surface area contributed by atoms with Gasteiger partial charge in [0, 0.05) is 43.5 Å². The quantitative estimate of drug-likeness (QED) is 0.244. The molecule has 0 atom stereocenters. The second-order valence-electron chi connectivity index (χ2n) is 7.20. The molecule has 1 heterocycles. The van der Waals surface area contributed by atoms with Gasteiger partial charge in [0.25, 0.3) is 0 Å². The maximum atomic E-state index is 11.5. The highest BCUT2D eigenvalue weighted by molar-refractivity contribution is 14.0. The Morgan fingerprint density at radius 3 is 2.33 bits per heavy atom. The summed E-state index contributed by atoms with van der Waals surface area (Å²) in [4.78, 5) is 7.95. The minimum absolute atomic E-state index is 0. The van der Waals surface area contributed by atoms with Gasteiger partial charge in [-0.1, -0.05) is 24.3 Å². The predicted molar refractivity (Wildman–Crippen MR) is 135 cm³/mol. The van der Waals surface area contributed by atoms with Gasteiger partial charge in [0.15, 0.2) is 15.8 Å². The van der Waals surface area contributed by atoms with E-state index in [1.165, 1.54) is 28.3 Å². The summed E-state index contributed by atoms with van der Waals surface area (Å²) in [6.07, 6.45) is 4.97. The lowest BCUT2D eigenvalue weighted by Gasteiger charge is -2.12. The summed E-state index contributed by atoms with van der Waals surface area (Å²) in [5.74, 6) is 0.758. The van der Waals surface area contributed by atoms with E-state index in [-0.39, 0.29) is 24.0 Å². The minimum atomic E-state index is -3.15. The van der Waals surface area contributed by atoms with Crippen molar-refractivity contribution < 1.29 is 8.42 Å². The maximum Gasteiger partial charge on any atom is 0.190 e. The molecule has 30 heavy (non-hydrogen) atoms. The fourth-order valence-corrected chi connectivity index (χ4v) is 3.90. The second-order valence-corrected chi connectivity index (χ2v) is 9.22. The zero-order valence-corrected chi connectivity index (χ0v) is 20.7. The van der Waals surface area contributed by atoms with Gasteiger partial charge < -0.3 is 15.6 Å². The van der Waals surface area contributed by atoms with E-state index in [0.29, 0.717) is 11.4 Å². The lowest BCUT2D eigenvalue weighted by molar-refractivity contribution is 0.602. The van der Waals surface area contributed by atoms with Crippen LogP contribution in [0.15, 0.2) is 58.5 Å². The van der Waals surface area contributed by atoms with Crippen molar-refractivity contribution in [3.05, 3.63) is 65.4 Å². The summed E-state index contributed by atoms with van der Waals surface area (Å²) < 4.78 is 23.0. The van der Waals surface area contributed by atoms with Gasteiger partial charge in [-0.05, 0) is 54.7 Å². The average molecular weight is 540 g/mol. The first-order valence-electron chi connectivity index (χ1n) is 9.67. The van der Waals surface area contributed by atoms with Gasteiger partial charge >= 0.3 is 0 Å². The Morgan fingerprint density at radius 2 is 1.70 bits per heavy atom. The monoisotopic (exact) mass is 540 g/mol. The molecule has 0 saturated heterocycles. The van der Waals surface area contributed by atoms with Crippen LogP contribution < -0.4 is 10.6 Å². The topological polar surface area (TPSA) is 86.3 Å². The zero-order valence-electron chi connectivity index (χ0n) is 17.5. The Kier molecular flexibility index (Phi) is 8.72. The van der Waals surface area contributed by atoms with Crippen LogP contribution in [0, 0.1) is 6.92 Å². The number of H-pyrrole nitrogens is 1. The van der Waals surface area contributed by atoms with Crippen LogP contribution in [-0.4, -0.2) is 45.8 Å². The third kappa shape index (κ3) is 6.46. The first kappa shape index (κ1) is 24.2. The van der Waals surface area contributed by atoms with E-state index in [2.05, 4.69) is 51.9 Å². The molecule has 1 aromatic heterocycles. The van der Waals surface area contributed by atoms with Crippen molar-refractivity contribution in [2.45, 2.75) is 24.7 Å². The highest BCUT2D eigenvalue weighted by Crippen LogP contribution is 2.19. The highest BCUT2D eigenvalue weighted by Gasteiger charge is 2.07. The van der Waals surface area contributed by atoms with Crippen LogP contribution in [0.4, 0.5) is 0 Å². The van der Waals surface area contributed by atoms with Crippen LogP contribution >= 0.6 is 24.0 Å². The standard InChI is InChI=1S/C22H28N4O2S.HI/c1-16-4-9-20-18(15-26-21(20)14-16)11-13-25-22(23-2)24-12-10-17-5-7-19(8-6-17)29(3,27)28;/h4-9,14-15,26H,10-13H2,1-3H3,(H2,23,24,25);1H. The molecular formula is C22H29IN4O2S. The van der Waals surface area contributed by atoms with Gasteiger partial charge in [-0.15, -0.1) is 24.0 Å². The molecule has 0 aliphatic heterocycles. The maximum absolute atomic E-state index is 11.5. The number of nitrogens with zero attached hydrogens (tertiary/aromatic N) is 1. The highest BCUT2D eigenvalue weighted by atomic mass is 127. The molecule has 3 N–H and O–H groups in total. The van der Waals surface area contributed by atoms with E-state index in [1.807, 2.05) is 12.1 Å². The molecule has 0 radical (unpaired) electrons. The third-order valence-electron chi connectivity index (χ3n) is 4.89. The third-order valence-corrected chi connectivity index (χ3v) is 6.02. The Hall–Kier alpha value is -2.07. The van der Waals surface area contributed by atoms with Crippen molar-refractivity contribution in [2.75, 3.05) is 26.4 Å². The van der Waals surface area contributed by atoms with Gasteiger partial charge in [0.2, 0.25) is 0 Å². The molecule has 3 rings (SSSR count). The number of aryl methyl sites for hydroxylation is 1. The molecule has 0 amide bonds. The van der Waals surface area contributed by atoms with Gasteiger partial charge in [0.05, 0.1) is 4.90 Å². The van der Waals surface area contributed by atoms with Crippen molar-refractivity contribution in [3.8, 4) is 0 Å². The van der Waals surface area contributed by atoms with Crippen LogP contribution in [0.5, 0.6) is 0 Å². The number of benzene rings is 2. The second kappa shape index (κ2) is 10.8. The summed E-state index contributed by atoms with van der Waals surface area (Å²) >= 11 is 0. The smallest absolute Gasteiger partial charge is 0.190 e. The van der Waals surface area contributed by atoms with Crippen LogP contribution in [0.3, 0.4) is 0 Å². The number of aromatic amines is 1. The van der Waals surface area contributed by atoms with Gasteiger partial charge in [-0.2, -0.15) is 0 Å². The molecule has 8 heteroatoms.